The van der Waals surface area contributed by atoms with Crippen LogP contribution in [0.1, 0.15) is 142 Å². The molecule has 19 nitrogen and oxygen atoms in total. The largest absolute Gasteiger partial charge is 0.497 e. The molecule has 6 aliphatic rings. The molecule has 2 aromatic heterocycles. The van der Waals surface area contributed by atoms with Crippen molar-refractivity contribution >= 4 is 34.2 Å². The molecule has 0 radical (unpaired) electrons. The molecule has 77 heavy (non-hydrogen) atoms. The second kappa shape index (κ2) is 22.7. The molecule has 3 aromatic rings. The van der Waals surface area contributed by atoms with Crippen molar-refractivity contribution in [3.8, 4) is 5.75 Å². The van der Waals surface area contributed by atoms with Crippen LogP contribution >= 0.6 is 0 Å². The average Bonchev–Trinajstić information content (AvgIpc) is 3.82. The Bertz CT molecular complexity index is 2740. The van der Waals surface area contributed by atoms with E-state index in [2.05, 4.69) is 116 Å². The van der Waals surface area contributed by atoms with E-state index in [4.69, 9.17) is 49.6 Å². The first kappa shape index (κ1) is 60.0. The highest BCUT2D eigenvalue weighted by atomic mass is 28.5. The highest BCUT2D eigenvalue weighted by Gasteiger charge is 2.70. The minimum absolute atomic E-state index is 0.122. The molecular formula is C54H88N4O15Si4. The van der Waals surface area contributed by atoms with Gasteiger partial charge in [0.25, 0.3) is 11.1 Å². The molecule has 8 atom stereocenters. The van der Waals surface area contributed by atoms with Crippen molar-refractivity contribution in [1.82, 2.24) is 18.7 Å². The van der Waals surface area contributed by atoms with Crippen LogP contribution in [-0.4, -0.2) is 122 Å². The Morgan fingerprint density at radius 2 is 0.974 bits per heavy atom. The number of hydrogen-bond donors (Lipinski definition) is 1. The van der Waals surface area contributed by atoms with Crippen LogP contribution in [0.25, 0.3) is 0 Å². The first-order valence-electron chi connectivity index (χ1n) is 28.1. The van der Waals surface area contributed by atoms with Crippen LogP contribution in [0.4, 0.5) is 0 Å². The smallest absolute Gasteiger partial charge is 0.335 e. The number of benzene rings is 1. The third kappa shape index (κ3) is 10.3. The summed E-state index contributed by atoms with van der Waals surface area (Å²) >= 11 is 0. The number of nitrogens with zero attached hydrogens (tertiary/aromatic N) is 3. The maximum atomic E-state index is 14.0. The maximum absolute atomic E-state index is 14.0. The van der Waals surface area contributed by atoms with Crippen LogP contribution in [0.5, 0.6) is 5.75 Å². The highest BCUT2D eigenvalue weighted by molar-refractivity contribution is 6.84. The molecule has 0 bridgehead atoms. The Morgan fingerprint density at radius 3 is 1.34 bits per heavy atom. The van der Waals surface area contributed by atoms with Crippen molar-refractivity contribution in [2.45, 2.75) is 223 Å². The fraction of sp³-hybridized carbons (Fsp3) is 0.741. The third-order valence-corrected chi connectivity index (χ3v) is 37.9. The minimum atomic E-state index is -2.94. The number of rotatable bonds is 13. The molecule has 8 heterocycles. The molecule has 1 aromatic carbocycles. The number of methoxy groups -OCH3 is 1. The normalized spacial score (nSPS) is 30.2. The van der Waals surface area contributed by atoms with E-state index in [-0.39, 0.29) is 63.0 Å². The maximum Gasteiger partial charge on any atom is 0.335 e. The molecule has 9 rings (SSSR count). The summed E-state index contributed by atoms with van der Waals surface area (Å²) in [6, 6.07) is 10.1. The number of H-pyrrole nitrogens is 1. The van der Waals surface area contributed by atoms with Gasteiger partial charge >= 0.3 is 45.6 Å². The SMILES string of the molecule is CC(C)[Si]1(C(C)C)OC[C@H]2O[C@@H](n3ccc(=O)[nH]c3=O)[C@@]3(CCO3)[C@@H]2O[Si](C(C)C)(C(C)C)O1.COc1ccc(Cn2c(=O)ccn([C@@H]3O[C@@H]4CO[Si](C(C)C)(C(C)C)O[Si](C(C)C)(C(C)C)O[C@H]4[C@]34CCO4)c2=O)cc1. The van der Waals surface area contributed by atoms with Crippen molar-refractivity contribution in [2.75, 3.05) is 33.5 Å². The van der Waals surface area contributed by atoms with E-state index < -0.39 is 99.3 Å². The molecule has 23 heteroatoms. The van der Waals surface area contributed by atoms with E-state index in [1.807, 2.05) is 24.3 Å². The minimum Gasteiger partial charge on any atom is -0.497 e. The summed E-state index contributed by atoms with van der Waals surface area (Å²) in [5.74, 6) is 0.704. The fourth-order valence-electron chi connectivity index (χ4n) is 13.0. The summed E-state index contributed by atoms with van der Waals surface area (Å²) in [4.78, 5) is 53.7. The van der Waals surface area contributed by atoms with Gasteiger partial charge in [0.15, 0.2) is 12.5 Å². The predicted molar refractivity (Wildman–Crippen MR) is 300 cm³/mol. The number of ether oxygens (including phenoxy) is 5. The van der Waals surface area contributed by atoms with Crippen molar-refractivity contribution in [3.05, 3.63) is 96.0 Å². The van der Waals surface area contributed by atoms with Crippen LogP contribution in [0.2, 0.25) is 44.3 Å². The van der Waals surface area contributed by atoms with E-state index in [1.165, 1.54) is 38.2 Å². The van der Waals surface area contributed by atoms with Gasteiger partial charge in [0.1, 0.15) is 41.4 Å². The first-order chi connectivity index (χ1) is 36.2. The Kier molecular flexibility index (Phi) is 17.6. The number of nitrogens with one attached hydrogen (secondary N) is 1. The van der Waals surface area contributed by atoms with E-state index in [0.29, 0.717) is 38.4 Å². The van der Waals surface area contributed by atoms with Gasteiger partial charge in [-0.2, -0.15) is 0 Å². The molecule has 2 spiro atoms. The zero-order valence-electron chi connectivity index (χ0n) is 48.6. The molecule has 1 N–H and O–H groups in total. The lowest BCUT2D eigenvalue weighted by molar-refractivity contribution is -0.226. The molecule has 6 fully saturated rings. The zero-order chi connectivity index (χ0) is 56.4. The molecule has 430 valence electrons. The number of hydrogen-bond acceptors (Lipinski definition) is 15. The Morgan fingerprint density at radius 1 is 0.571 bits per heavy atom. The fourth-order valence-corrected chi connectivity index (χ4v) is 35.5. The number of fused-ring (bicyclic) bond motifs is 4. The lowest BCUT2D eigenvalue weighted by atomic mass is 9.86. The second-order valence-electron chi connectivity index (χ2n) is 24.5. The lowest BCUT2D eigenvalue weighted by Gasteiger charge is -2.54. The van der Waals surface area contributed by atoms with Crippen molar-refractivity contribution in [1.29, 1.82) is 0 Å². The predicted octanol–water partition coefficient (Wildman–Crippen LogP) is 8.63. The number of aromatic nitrogens is 4. The van der Waals surface area contributed by atoms with Crippen molar-refractivity contribution in [2.24, 2.45) is 0 Å². The molecule has 0 unspecified atom stereocenters. The summed E-state index contributed by atoms with van der Waals surface area (Å²) in [6.45, 7) is 36.7. The third-order valence-electron chi connectivity index (χ3n) is 17.4. The zero-order valence-corrected chi connectivity index (χ0v) is 52.6. The van der Waals surface area contributed by atoms with Gasteiger partial charge < -0.3 is 49.6 Å². The van der Waals surface area contributed by atoms with Crippen LogP contribution in [0, 0.1) is 0 Å². The average molecular weight is 1150 g/mol. The van der Waals surface area contributed by atoms with Crippen LogP contribution in [0.15, 0.2) is 68.0 Å². The topological polar surface area (TPSA) is 200 Å². The number of aromatic amines is 1. The van der Waals surface area contributed by atoms with E-state index >= 15 is 0 Å². The van der Waals surface area contributed by atoms with Gasteiger partial charge in [-0.25, -0.2) is 9.59 Å². The Hall–Kier alpha value is -3.15. The van der Waals surface area contributed by atoms with Gasteiger partial charge in [0.05, 0.1) is 40.1 Å². The quantitative estimate of drug-likeness (QED) is 0.159. The summed E-state index contributed by atoms with van der Waals surface area (Å²) in [5, 5.41) is 0. The van der Waals surface area contributed by atoms with Gasteiger partial charge in [-0.05, 0) is 62.0 Å². The second-order valence-corrected chi connectivity index (χ2v) is 42.2. The molecule has 0 aliphatic carbocycles. The summed E-state index contributed by atoms with van der Waals surface area (Å²) in [5.41, 5.74) is -1.25. The van der Waals surface area contributed by atoms with Gasteiger partial charge in [-0.3, -0.25) is 28.3 Å². The first-order valence-corrected chi connectivity index (χ1v) is 36.0. The van der Waals surface area contributed by atoms with Gasteiger partial charge in [0.2, 0.25) is 0 Å². The van der Waals surface area contributed by atoms with Crippen LogP contribution in [-0.2, 0) is 51.4 Å². The lowest BCUT2D eigenvalue weighted by Crippen LogP contribution is -2.68. The summed E-state index contributed by atoms with van der Waals surface area (Å²) in [7, 11) is -9.66. The molecule has 0 amide bonds. The van der Waals surface area contributed by atoms with Crippen LogP contribution in [0.3, 0.4) is 0 Å². The molecule has 6 saturated heterocycles. The van der Waals surface area contributed by atoms with Gasteiger partial charge in [-0.15, -0.1) is 0 Å². The highest BCUT2D eigenvalue weighted by Crippen LogP contribution is 2.57. The Balaban J connectivity index is 0.000000209. The van der Waals surface area contributed by atoms with Crippen molar-refractivity contribution in [3.63, 3.8) is 0 Å². The van der Waals surface area contributed by atoms with E-state index in [0.717, 1.165) is 5.56 Å². The summed E-state index contributed by atoms with van der Waals surface area (Å²) in [6.07, 6.45) is 1.03. The molecular weight excluding hydrogens is 1060 g/mol. The molecule has 0 saturated carbocycles. The Labute approximate surface area is 458 Å². The van der Waals surface area contributed by atoms with E-state index in [1.54, 1.807) is 7.11 Å². The standard InChI is InChI=1S/C31H48N2O8Si2.C23H40N2O7Si2/c1-20(2)42(21(3)4)38-19-26-28(40-43(41-42,22(5)6)23(7)8)31(15-17-37-31)29(39-26)32-16-14-27(34)33(30(32)35)18-24-10-12-25(36-9)13-11-24;1-14(2)33(15(3)4)29-13-18-20(31-34(32-33,16(5)6)17(7)8)23(10-12-28-23)21(30-18)25-11-9-19(26)24-22(25)27/h10-14,16,20-23,26,28-29H,15,17-19H2,1-9H3;9,11,14-18,20-21H,10,12-13H2,1-8H3,(H,24,26,27)/t26-,28-,29-,31-;18-,20-,21-,23-/m11/s1. The molecule has 6 aliphatic heterocycles. The van der Waals surface area contributed by atoms with E-state index in [9.17, 15) is 19.2 Å². The summed E-state index contributed by atoms with van der Waals surface area (Å²) < 4.78 is 78.2. The monoisotopic (exact) mass is 1140 g/mol. The van der Waals surface area contributed by atoms with Crippen LogP contribution < -0.4 is 27.2 Å². The van der Waals surface area contributed by atoms with Crippen molar-refractivity contribution < 1.29 is 49.6 Å². The van der Waals surface area contributed by atoms with Gasteiger partial charge in [-0.1, -0.05) is 123 Å². The van der Waals surface area contributed by atoms with Gasteiger partial charge in [0, 0.05) is 37.4 Å².